The average molecular weight is 602 g/mol. The minimum atomic E-state index is -3.48. The summed E-state index contributed by atoms with van der Waals surface area (Å²) in [7, 11) is 0.122. The lowest BCUT2D eigenvalue weighted by atomic mass is 10.1. The highest BCUT2D eigenvalue weighted by Crippen LogP contribution is 2.28. The Morgan fingerprint density at radius 2 is 1.88 bits per heavy atom. The Bertz CT molecular complexity index is 1490. The molecule has 220 valence electrons. The van der Waals surface area contributed by atoms with Gasteiger partial charge in [0.15, 0.2) is 20.7 Å². The van der Waals surface area contributed by atoms with Crippen molar-refractivity contribution in [3.63, 3.8) is 0 Å². The van der Waals surface area contributed by atoms with E-state index >= 15 is 0 Å². The first-order valence-corrected chi connectivity index (χ1v) is 16.3. The zero-order chi connectivity index (χ0) is 28.8. The summed E-state index contributed by atoms with van der Waals surface area (Å²) in [5.74, 6) is -0.00489. The third-order valence-corrected chi connectivity index (χ3v) is 9.84. The van der Waals surface area contributed by atoms with Gasteiger partial charge in [-0.1, -0.05) is 28.6 Å². The largest absolute Gasteiger partial charge is 0.473 e. The Morgan fingerprint density at radius 3 is 2.59 bits per heavy atom. The van der Waals surface area contributed by atoms with Crippen molar-refractivity contribution in [2.24, 2.45) is 5.16 Å². The van der Waals surface area contributed by atoms with Gasteiger partial charge in [-0.15, -0.1) is 0 Å². The Hall–Kier alpha value is -3.13. The molecule has 3 aromatic rings. The van der Waals surface area contributed by atoms with Gasteiger partial charge in [0.1, 0.15) is 22.6 Å². The van der Waals surface area contributed by atoms with Crippen LogP contribution < -0.4 is 10.1 Å². The number of carbonyl (C=O) groups excluding carboxylic acids is 1. The smallest absolute Gasteiger partial charge is 0.280 e. The van der Waals surface area contributed by atoms with Crippen LogP contribution in [0.3, 0.4) is 0 Å². The average Bonchev–Trinajstić information content (AvgIpc) is 3.70. The number of likely N-dealkylation sites (tertiary alicyclic amines) is 1. The second kappa shape index (κ2) is 13.2. The highest BCUT2D eigenvalue weighted by Gasteiger charge is 2.24. The molecule has 0 bridgehead atoms. The number of methoxy groups -OCH3 is 1. The van der Waals surface area contributed by atoms with E-state index in [1.807, 2.05) is 6.07 Å². The first-order valence-electron chi connectivity index (χ1n) is 13.8. The van der Waals surface area contributed by atoms with Crippen molar-refractivity contribution in [2.75, 3.05) is 44.9 Å². The highest BCUT2D eigenvalue weighted by atomic mass is 32.2. The third-order valence-electron chi connectivity index (χ3n) is 7.14. The van der Waals surface area contributed by atoms with Gasteiger partial charge in [-0.05, 0) is 63.8 Å². The summed E-state index contributed by atoms with van der Waals surface area (Å²) in [6.07, 6.45) is 5.26. The number of hydrogen-bond donors (Lipinski definition) is 1. The summed E-state index contributed by atoms with van der Waals surface area (Å²) >= 11 is 1.24. The van der Waals surface area contributed by atoms with Crippen molar-refractivity contribution in [1.29, 1.82) is 0 Å². The number of pyridine rings is 1. The summed E-state index contributed by atoms with van der Waals surface area (Å²) in [4.78, 5) is 31.3. The van der Waals surface area contributed by atoms with E-state index in [1.165, 1.54) is 30.6 Å². The quantitative estimate of drug-likeness (QED) is 0.187. The second-order valence-electron chi connectivity index (χ2n) is 10.4. The molecule has 11 nitrogen and oxygen atoms in total. The van der Waals surface area contributed by atoms with Gasteiger partial charge >= 0.3 is 0 Å². The molecule has 0 unspecified atom stereocenters. The van der Waals surface area contributed by atoms with E-state index < -0.39 is 15.7 Å². The summed E-state index contributed by atoms with van der Waals surface area (Å²) in [6.45, 7) is 2.21. The number of anilines is 1. The van der Waals surface area contributed by atoms with Gasteiger partial charge in [-0.25, -0.2) is 18.4 Å². The molecule has 13 heteroatoms. The van der Waals surface area contributed by atoms with Crippen LogP contribution >= 0.6 is 11.3 Å². The summed E-state index contributed by atoms with van der Waals surface area (Å²) in [5, 5.41) is 7.42. The minimum absolute atomic E-state index is 0.0253. The molecular formula is C28H35N5O6S2. The molecule has 1 amide bonds. The van der Waals surface area contributed by atoms with Crippen LogP contribution in [0.2, 0.25) is 0 Å². The summed E-state index contributed by atoms with van der Waals surface area (Å²) in [6, 6.07) is 9.74. The maximum atomic E-state index is 13.4. The van der Waals surface area contributed by atoms with Crippen molar-refractivity contribution in [3.05, 3.63) is 42.0 Å². The zero-order valence-electron chi connectivity index (χ0n) is 23.2. The highest BCUT2D eigenvalue weighted by molar-refractivity contribution is 7.91. The fraction of sp³-hybridized carbons (Fsp3) is 0.500. The predicted molar refractivity (Wildman–Crippen MR) is 157 cm³/mol. The van der Waals surface area contributed by atoms with Crippen molar-refractivity contribution in [2.45, 2.75) is 55.6 Å². The number of aromatic nitrogens is 2. The molecule has 0 spiro atoms. The van der Waals surface area contributed by atoms with Crippen molar-refractivity contribution >= 4 is 48.3 Å². The Labute approximate surface area is 243 Å². The zero-order valence-corrected chi connectivity index (χ0v) is 24.9. The Morgan fingerprint density at radius 1 is 1.10 bits per heavy atom. The molecular weight excluding hydrogens is 566 g/mol. The van der Waals surface area contributed by atoms with E-state index in [1.54, 1.807) is 18.2 Å². The molecule has 2 aromatic heterocycles. The molecule has 2 fully saturated rings. The number of amides is 1. The van der Waals surface area contributed by atoms with Crippen molar-refractivity contribution < 1.29 is 27.5 Å². The van der Waals surface area contributed by atoms with Crippen LogP contribution in [0, 0.1) is 0 Å². The van der Waals surface area contributed by atoms with Crippen molar-refractivity contribution in [1.82, 2.24) is 14.9 Å². The predicted octanol–water partition coefficient (Wildman–Crippen LogP) is 3.89. The molecule has 1 aliphatic heterocycles. The number of benzene rings is 1. The van der Waals surface area contributed by atoms with E-state index in [2.05, 4.69) is 32.4 Å². The van der Waals surface area contributed by atoms with E-state index in [4.69, 9.17) is 14.3 Å². The van der Waals surface area contributed by atoms with E-state index in [0.29, 0.717) is 39.9 Å². The number of hydrogen-bond acceptors (Lipinski definition) is 11. The van der Waals surface area contributed by atoms with Crippen LogP contribution in [-0.2, 0) is 24.2 Å². The molecule has 1 N–H and O–H groups in total. The Kier molecular flexibility index (Phi) is 9.48. The number of sulfone groups is 1. The molecule has 3 heterocycles. The first kappa shape index (κ1) is 29.4. The fourth-order valence-electron chi connectivity index (χ4n) is 4.91. The number of oxime groups is 1. The number of thiazole rings is 1. The SMILES string of the molecule is COCCCS(=O)(=O)c1ccc(/C(=N\OC2CCCC2)C(=O)Nc2nc3ccc(O[C@@H]4CCN(C)C4)nc3s2)cc1. The number of nitrogens with zero attached hydrogens (tertiary/aromatic N) is 4. The van der Waals surface area contributed by atoms with E-state index in [0.717, 1.165) is 45.2 Å². The van der Waals surface area contributed by atoms with Gasteiger partial charge in [0.25, 0.3) is 5.91 Å². The van der Waals surface area contributed by atoms with Gasteiger partial charge in [0, 0.05) is 38.4 Å². The second-order valence-corrected chi connectivity index (χ2v) is 13.5. The van der Waals surface area contributed by atoms with Gasteiger partial charge < -0.3 is 19.2 Å². The number of fused-ring (bicyclic) bond motifs is 1. The van der Waals surface area contributed by atoms with Crippen LogP contribution in [-0.4, -0.2) is 86.7 Å². The number of rotatable bonds is 12. The topological polar surface area (TPSA) is 132 Å². The van der Waals surface area contributed by atoms with Gasteiger partial charge in [0.2, 0.25) is 5.88 Å². The lowest BCUT2D eigenvalue weighted by Crippen LogP contribution is -2.25. The third kappa shape index (κ3) is 7.59. The number of likely N-dealkylation sites (N-methyl/N-ethyl adjacent to an activating group) is 1. The van der Waals surface area contributed by atoms with Gasteiger partial charge in [-0.3, -0.25) is 10.1 Å². The van der Waals surface area contributed by atoms with Crippen LogP contribution in [0.1, 0.15) is 44.1 Å². The number of ether oxygens (including phenoxy) is 2. The fourth-order valence-corrected chi connectivity index (χ4v) is 7.02. The van der Waals surface area contributed by atoms with Crippen LogP contribution in [0.4, 0.5) is 5.13 Å². The molecule has 2 aliphatic rings. The molecule has 1 saturated heterocycles. The first-order chi connectivity index (χ1) is 19.8. The van der Waals surface area contributed by atoms with Crippen molar-refractivity contribution in [3.8, 4) is 5.88 Å². The molecule has 1 aromatic carbocycles. The lowest BCUT2D eigenvalue weighted by molar-refractivity contribution is -0.110. The minimum Gasteiger partial charge on any atom is -0.473 e. The van der Waals surface area contributed by atoms with E-state index in [-0.39, 0.29) is 28.6 Å². The normalized spacial score (nSPS) is 18.7. The molecule has 5 rings (SSSR count). The number of carbonyl (C=O) groups is 1. The van der Waals surface area contributed by atoms with Crippen LogP contribution in [0.5, 0.6) is 5.88 Å². The van der Waals surface area contributed by atoms with Crippen LogP contribution in [0.25, 0.3) is 10.3 Å². The van der Waals surface area contributed by atoms with Gasteiger partial charge in [0.05, 0.1) is 10.6 Å². The Balaban J connectivity index is 1.33. The summed E-state index contributed by atoms with van der Waals surface area (Å²) < 4.78 is 36.3. The molecule has 0 radical (unpaired) electrons. The van der Waals surface area contributed by atoms with Crippen LogP contribution in [0.15, 0.2) is 46.4 Å². The maximum absolute atomic E-state index is 13.4. The summed E-state index contributed by atoms with van der Waals surface area (Å²) in [5.41, 5.74) is 1.12. The standard InChI is InChI=1S/C28H35N5O6S2/c1-33-15-14-21(18-33)38-24-13-12-23-27(30-24)40-28(29-23)31-26(34)25(32-39-20-6-3-4-7-20)19-8-10-22(11-9-19)41(35,36)17-5-16-37-2/h8-13,20-21H,3-7,14-18H2,1-2H3,(H,29,31,34)/b32-25+/t21-/m1/s1. The maximum Gasteiger partial charge on any atom is 0.280 e. The monoisotopic (exact) mass is 601 g/mol. The molecule has 1 atom stereocenters. The molecule has 41 heavy (non-hydrogen) atoms. The number of nitrogens with one attached hydrogen (secondary N) is 1. The molecule has 1 saturated carbocycles. The van der Waals surface area contributed by atoms with E-state index in [9.17, 15) is 13.2 Å². The van der Waals surface area contributed by atoms with Gasteiger partial charge in [-0.2, -0.15) is 0 Å². The molecule has 1 aliphatic carbocycles. The lowest BCUT2D eigenvalue weighted by Gasteiger charge is -2.12.